The number of aromatic nitrogens is 2. The number of nitrogens with zero attached hydrogens (tertiary/aromatic N) is 2. The highest BCUT2D eigenvalue weighted by Crippen LogP contribution is 2.18. The zero-order chi connectivity index (χ0) is 15.2. The van der Waals surface area contributed by atoms with Crippen LogP contribution in [0.4, 0.5) is 0 Å². The Morgan fingerprint density at radius 3 is 2.67 bits per heavy atom. The average Bonchev–Trinajstić information content (AvgIpc) is 2.50. The largest absolute Gasteiger partial charge is 0.352 e. The fourth-order valence-corrected chi connectivity index (χ4v) is 2.28. The molecule has 4 nitrogen and oxygen atoms in total. The van der Waals surface area contributed by atoms with Crippen LogP contribution in [0.1, 0.15) is 35.2 Å². The minimum absolute atomic E-state index is 0.0491. The smallest absolute Gasteiger partial charge is 0.254 e. The van der Waals surface area contributed by atoms with Crippen molar-refractivity contribution in [1.29, 1.82) is 0 Å². The van der Waals surface area contributed by atoms with E-state index in [0.717, 1.165) is 6.42 Å². The van der Waals surface area contributed by atoms with Crippen LogP contribution in [0, 0.1) is 0 Å². The number of hydrogen-bond donors (Lipinski definition) is 1. The first kappa shape index (κ1) is 15.7. The van der Waals surface area contributed by atoms with Crippen LogP contribution in [0.5, 0.6) is 0 Å². The van der Waals surface area contributed by atoms with E-state index < -0.39 is 0 Å². The minimum atomic E-state index is -0.294. The number of carbonyl (C=O) groups is 1. The first-order valence-electron chi connectivity index (χ1n) is 6.60. The van der Waals surface area contributed by atoms with Gasteiger partial charge >= 0.3 is 0 Å². The fraction of sp³-hybridized carbons (Fsp3) is 0.267. The Kier molecular flexibility index (Phi) is 5.53. The average molecular weight is 324 g/mol. The molecule has 21 heavy (non-hydrogen) atoms. The molecule has 1 aromatic heterocycles. The van der Waals surface area contributed by atoms with E-state index in [1.165, 1.54) is 11.6 Å². The second-order valence-corrected chi connectivity index (χ2v) is 5.47. The normalized spacial score (nSPS) is 12.0. The molecule has 0 spiro atoms. The maximum absolute atomic E-state index is 12.0. The molecule has 1 atom stereocenters. The zero-order valence-corrected chi connectivity index (χ0v) is 13.0. The Bertz CT molecular complexity index is 620. The van der Waals surface area contributed by atoms with E-state index in [0.29, 0.717) is 12.5 Å². The van der Waals surface area contributed by atoms with E-state index in [-0.39, 0.29) is 21.8 Å². The SMILES string of the molecule is CC(CCNC(=O)c1cc(Cl)nnc1Cl)c1ccccc1. The molecule has 2 rings (SSSR count). The summed E-state index contributed by atoms with van der Waals surface area (Å²) in [5.41, 5.74) is 1.49. The molecule has 1 unspecified atom stereocenters. The predicted octanol–water partition coefficient (Wildman–Crippen LogP) is 3.71. The lowest BCUT2D eigenvalue weighted by atomic mass is 9.98. The summed E-state index contributed by atoms with van der Waals surface area (Å²) in [5, 5.41) is 10.2. The summed E-state index contributed by atoms with van der Waals surface area (Å²) >= 11 is 11.5. The number of halogens is 2. The molecule has 6 heteroatoms. The molecule has 0 saturated carbocycles. The van der Waals surface area contributed by atoms with E-state index in [1.807, 2.05) is 18.2 Å². The van der Waals surface area contributed by atoms with Crippen LogP contribution in [0.3, 0.4) is 0 Å². The summed E-state index contributed by atoms with van der Waals surface area (Å²) in [6, 6.07) is 11.6. The summed E-state index contributed by atoms with van der Waals surface area (Å²) in [5.74, 6) is 0.0678. The van der Waals surface area contributed by atoms with Crippen LogP contribution >= 0.6 is 23.2 Å². The molecule has 0 aliphatic carbocycles. The molecular formula is C15H15Cl2N3O. The molecule has 1 aromatic carbocycles. The Morgan fingerprint density at radius 1 is 1.24 bits per heavy atom. The summed E-state index contributed by atoms with van der Waals surface area (Å²) in [6.45, 7) is 2.67. The fourth-order valence-electron chi connectivity index (χ4n) is 1.96. The molecule has 1 N–H and O–H groups in total. The van der Waals surface area contributed by atoms with Gasteiger partial charge in [0.25, 0.3) is 5.91 Å². The summed E-state index contributed by atoms with van der Waals surface area (Å²) < 4.78 is 0. The molecule has 1 amide bonds. The number of carbonyl (C=O) groups excluding carboxylic acids is 1. The molecule has 0 saturated heterocycles. The van der Waals surface area contributed by atoms with Crippen molar-refractivity contribution in [3.05, 3.63) is 57.8 Å². The first-order valence-corrected chi connectivity index (χ1v) is 7.35. The van der Waals surface area contributed by atoms with Crippen LogP contribution in [-0.2, 0) is 0 Å². The Morgan fingerprint density at radius 2 is 1.95 bits per heavy atom. The third-order valence-electron chi connectivity index (χ3n) is 3.20. The molecule has 2 aromatic rings. The molecule has 0 aliphatic rings. The highest BCUT2D eigenvalue weighted by atomic mass is 35.5. The number of hydrogen-bond acceptors (Lipinski definition) is 3. The molecule has 0 aliphatic heterocycles. The molecule has 110 valence electrons. The Labute approximate surface area is 133 Å². The van der Waals surface area contributed by atoms with Crippen molar-refractivity contribution in [2.75, 3.05) is 6.54 Å². The summed E-state index contributed by atoms with van der Waals surface area (Å²) in [6.07, 6.45) is 0.833. The highest BCUT2D eigenvalue weighted by molar-refractivity contribution is 6.34. The summed E-state index contributed by atoms with van der Waals surface area (Å²) in [7, 11) is 0. The van der Waals surface area contributed by atoms with E-state index in [4.69, 9.17) is 23.2 Å². The van der Waals surface area contributed by atoms with Gasteiger partial charge < -0.3 is 5.32 Å². The van der Waals surface area contributed by atoms with E-state index in [1.54, 1.807) is 0 Å². The maximum Gasteiger partial charge on any atom is 0.254 e. The number of amides is 1. The van der Waals surface area contributed by atoms with Crippen LogP contribution in [0.25, 0.3) is 0 Å². The van der Waals surface area contributed by atoms with E-state index in [2.05, 4.69) is 34.6 Å². The van der Waals surface area contributed by atoms with Gasteiger partial charge in [-0.1, -0.05) is 60.5 Å². The van der Waals surface area contributed by atoms with Crippen molar-refractivity contribution in [3.8, 4) is 0 Å². The van der Waals surface area contributed by atoms with Crippen molar-refractivity contribution in [2.24, 2.45) is 0 Å². The van der Waals surface area contributed by atoms with Crippen LogP contribution in [0.2, 0.25) is 10.3 Å². The summed E-state index contributed by atoms with van der Waals surface area (Å²) in [4.78, 5) is 12.0. The van der Waals surface area contributed by atoms with Crippen LogP contribution in [0.15, 0.2) is 36.4 Å². The van der Waals surface area contributed by atoms with Gasteiger partial charge in [0.2, 0.25) is 0 Å². The molecular weight excluding hydrogens is 309 g/mol. The van der Waals surface area contributed by atoms with Crippen LogP contribution < -0.4 is 5.32 Å². The third-order valence-corrected chi connectivity index (χ3v) is 3.66. The third kappa shape index (κ3) is 4.41. The number of nitrogens with one attached hydrogen (secondary N) is 1. The standard InChI is InChI=1S/C15H15Cl2N3O/c1-10(11-5-3-2-4-6-11)7-8-18-15(21)12-9-13(16)19-20-14(12)17/h2-6,9-10H,7-8H2,1H3,(H,18,21). The molecule has 0 radical (unpaired) electrons. The van der Waals surface area contributed by atoms with Gasteiger partial charge in [-0.3, -0.25) is 4.79 Å². The quantitative estimate of drug-likeness (QED) is 0.912. The van der Waals surface area contributed by atoms with E-state index >= 15 is 0 Å². The number of benzene rings is 1. The Balaban J connectivity index is 1.88. The topological polar surface area (TPSA) is 54.9 Å². The second-order valence-electron chi connectivity index (χ2n) is 4.73. The van der Waals surface area contributed by atoms with Crippen molar-refractivity contribution in [3.63, 3.8) is 0 Å². The van der Waals surface area contributed by atoms with Gasteiger partial charge in [-0.25, -0.2) is 0 Å². The van der Waals surface area contributed by atoms with Crippen molar-refractivity contribution >= 4 is 29.1 Å². The lowest BCUT2D eigenvalue weighted by Gasteiger charge is -2.12. The predicted molar refractivity (Wildman–Crippen MR) is 83.9 cm³/mol. The molecule has 1 heterocycles. The van der Waals surface area contributed by atoms with Crippen molar-refractivity contribution < 1.29 is 4.79 Å². The van der Waals surface area contributed by atoms with Gasteiger partial charge in [-0.15, -0.1) is 10.2 Å². The van der Waals surface area contributed by atoms with Gasteiger partial charge in [-0.05, 0) is 24.0 Å². The lowest BCUT2D eigenvalue weighted by Crippen LogP contribution is -2.26. The monoisotopic (exact) mass is 323 g/mol. The lowest BCUT2D eigenvalue weighted by molar-refractivity contribution is 0.0952. The molecule has 0 bridgehead atoms. The zero-order valence-electron chi connectivity index (χ0n) is 11.5. The minimum Gasteiger partial charge on any atom is -0.352 e. The molecule has 0 fully saturated rings. The second kappa shape index (κ2) is 7.38. The highest BCUT2D eigenvalue weighted by Gasteiger charge is 2.13. The van der Waals surface area contributed by atoms with Crippen molar-refractivity contribution in [1.82, 2.24) is 15.5 Å². The van der Waals surface area contributed by atoms with Gasteiger partial charge in [0.15, 0.2) is 10.3 Å². The van der Waals surface area contributed by atoms with Gasteiger partial charge in [0.1, 0.15) is 0 Å². The van der Waals surface area contributed by atoms with Crippen molar-refractivity contribution in [2.45, 2.75) is 19.3 Å². The van der Waals surface area contributed by atoms with Gasteiger partial charge in [0, 0.05) is 6.54 Å². The van der Waals surface area contributed by atoms with Crippen LogP contribution in [-0.4, -0.2) is 22.6 Å². The number of rotatable bonds is 5. The van der Waals surface area contributed by atoms with Gasteiger partial charge in [0.05, 0.1) is 5.56 Å². The Hall–Kier alpha value is -1.65. The first-order chi connectivity index (χ1) is 10.1. The maximum atomic E-state index is 12.0. The van der Waals surface area contributed by atoms with Gasteiger partial charge in [-0.2, -0.15) is 0 Å². The van der Waals surface area contributed by atoms with E-state index in [9.17, 15) is 4.79 Å².